The topological polar surface area (TPSA) is 32.3 Å². The third-order valence-electron chi connectivity index (χ3n) is 4.51. The van der Waals surface area contributed by atoms with Crippen LogP contribution in [0.25, 0.3) is 0 Å². The van der Waals surface area contributed by atoms with Crippen molar-refractivity contribution in [2.45, 2.75) is 57.8 Å². The molecule has 3 heteroatoms. The van der Waals surface area contributed by atoms with Gasteiger partial charge in [0.25, 0.3) is 0 Å². The van der Waals surface area contributed by atoms with E-state index in [1.165, 1.54) is 11.1 Å². The van der Waals surface area contributed by atoms with Gasteiger partial charge in [0, 0.05) is 6.04 Å². The largest absolute Gasteiger partial charge is 0.319 e. The Morgan fingerprint density at radius 3 is 2.79 bits per heavy atom. The Balaban J connectivity index is 1.96. The van der Waals surface area contributed by atoms with Crippen LogP contribution in [-0.4, -0.2) is 22.4 Å². The lowest BCUT2D eigenvalue weighted by atomic mass is 10.1. The first-order valence-electron chi connectivity index (χ1n) is 7.24. The molecule has 0 radical (unpaired) electrons. The average molecular weight is 258 g/mol. The highest BCUT2D eigenvalue weighted by Gasteiger charge is 2.59. The standard InChI is InChI=1S/C16H22N2O/c1-4-12(3)18-14(13-7-5-6-11(2)10-13)17-16(8-9-16)15(18)19/h5-7,10,12,14,17H,4,8-9H2,1-3H3. The van der Waals surface area contributed by atoms with Crippen molar-refractivity contribution in [1.29, 1.82) is 0 Å². The molecule has 0 aromatic heterocycles. The summed E-state index contributed by atoms with van der Waals surface area (Å²) in [5.74, 6) is 0.299. The number of nitrogens with zero attached hydrogens (tertiary/aromatic N) is 1. The van der Waals surface area contributed by atoms with Gasteiger partial charge in [-0.2, -0.15) is 0 Å². The molecule has 1 N–H and O–H groups in total. The van der Waals surface area contributed by atoms with Crippen LogP contribution in [0.2, 0.25) is 0 Å². The van der Waals surface area contributed by atoms with Crippen molar-refractivity contribution >= 4 is 5.91 Å². The van der Waals surface area contributed by atoms with E-state index in [4.69, 9.17) is 0 Å². The van der Waals surface area contributed by atoms with Gasteiger partial charge in [0.05, 0.1) is 0 Å². The van der Waals surface area contributed by atoms with Crippen molar-refractivity contribution in [2.24, 2.45) is 0 Å². The van der Waals surface area contributed by atoms with Gasteiger partial charge in [-0.1, -0.05) is 36.8 Å². The third kappa shape index (κ3) is 1.96. The molecule has 1 aromatic carbocycles. The van der Waals surface area contributed by atoms with Gasteiger partial charge in [-0.25, -0.2) is 0 Å². The number of benzene rings is 1. The molecule has 102 valence electrons. The minimum atomic E-state index is -0.238. The number of amides is 1. The maximum absolute atomic E-state index is 12.6. The molecule has 2 fully saturated rings. The van der Waals surface area contributed by atoms with Gasteiger partial charge >= 0.3 is 0 Å². The molecule has 1 aliphatic carbocycles. The zero-order valence-corrected chi connectivity index (χ0v) is 11.9. The van der Waals surface area contributed by atoms with Crippen LogP contribution >= 0.6 is 0 Å². The molecule has 1 saturated carbocycles. The second-order valence-corrected chi connectivity index (χ2v) is 6.01. The molecule has 1 aliphatic heterocycles. The predicted octanol–water partition coefficient (Wildman–Crippen LogP) is 2.76. The average Bonchev–Trinajstić information content (AvgIpc) is 3.12. The molecular formula is C16H22N2O. The van der Waals surface area contributed by atoms with Crippen LogP contribution in [0.15, 0.2) is 24.3 Å². The summed E-state index contributed by atoms with van der Waals surface area (Å²) in [5.41, 5.74) is 2.21. The van der Waals surface area contributed by atoms with Crippen molar-refractivity contribution in [3.05, 3.63) is 35.4 Å². The Kier molecular flexibility index (Phi) is 2.90. The Morgan fingerprint density at radius 2 is 2.21 bits per heavy atom. The summed E-state index contributed by atoms with van der Waals surface area (Å²) in [6, 6.07) is 8.76. The van der Waals surface area contributed by atoms with Crippen LogP contribution in [0.4, 0.5) is 0 Å². The van der Waals surface area contributed by atoms with E-state index in [-0.39, 0.29) is 17.7 Å². The lowest BCUT2D eigenvalue weighted by molar-refractivity contribution is -0.132. The van der Waals surface area contributed by atoms with Crippen molar-refractivity contribution < 1.29 is 4.79 Å². The molecule has 1 heterocycles. The van der Waals surface area contributed by atoms with Crippen molar-refractivity contribution in [3.8, 4) is 0 Å². The normalized spacial score (nSPS) is 25.9. The number of carbonyl (C=O) groups excluding carboxylic acids is 1. The summed E-state index contributed by atoms with van der Waals surface area (Å²) in [6.45, 7) is 6.38. The van der Waals surface area contributed by atoms with Gasteiger partial charge < -0.3 is 4.90 Å². The van der Waals surface area contributed by atoms with E-state index in [0.29, 0.717) is 5.91 Å². The number of rotatable bonds is 3. The quantitative estimate of drug-likeness (QED) is 0.904. The molecule has 0 bridgehead atoms. The first-order valence-corrected chi connectivity index (χ1v) is 7.24. The van der Waals surface area contributed by atoms with Crippen LogP contribution < -0.4 is 5.32 Å². The van der Waals surface area contributed by atoms with Crippen LogP contribution in [0, 0.1) is 6.92 Å². The van der Waals surface area contributed by atoms with Gasteiger partial charge in [-0.05, 0) is 38.7 Å². The smallest absolute Gasteiger partial charge is 0.244 e. The molecule has 1 saturated heterocycles. The van der Waals surface area contributed by atoms with Crippen LogP contribution in [0.1, 0.15) is 50.4 Å². The second kappa shape index (κ2) is 4.34. The van der Waals surface area contributed by atoms with Gasteiger partial charge in [0.15, 0.2) is 0 Å². The zero-order chi connectivity index (χ0) is 13.6. The number of aryl methyl sites for hydroxylation is 1. The first kappa shape index (κ1) is 12.7. The van der Waals surface area contributed by atoms with Gasteiger partial charge in [-0.15, -0.1) is 0 Å². The SMILES string of the molecule is CCC(C)N1C(=O)C2(CC2)NC1c1cccc(C)c1. The number of hydrogen-bond donors (Lipinski definition) is 1. The molecule has 1 amide bonds. The van der Waals surface area contributed by atoms with E-state index in [0.717, 1.165) is 19.3 Å². The van der Waals surface area contributed by atoms with Crippen LogP contribution in [0.3, 0.4) is 0 Å². The lowest BCUT2D eigenvalue weighted by Crippen LogP contribution is -2.38. The predicted molar refractivity (Wildman–Crippen MR) is 75.6 cm³/mol. The molecule has 2 atom stereocenters. The minimum absolute atomic E-state index is 0.0462. The summed E-state index contributed by atoms with van der Waals surface area (Å²) in [4.78, 5) is 14.7. The number of hydrogen-bond acceptors (Lipinski definition) is 2. The Labute approximate surface area is 115 Å². The molecule has 2 unspecified atom stereocenters. The maximum atomic E-state index is 12.6. The highest BCUT2D eigenvalue weighted by atomic mass is 16.2. The fourth-order valence-corrected chi connectivity index (χ4v) is 2.98. The monoisotopic (exact) mass is 258 g/mol. The van der Waals surface area contributed by atoms with Gasteiger partial charge in [-0.3, -0.25) is 10.1 Å². The molecule has 19 heavy (non-hydrogen) atoms. The summed E-state index contributed by atoms with van der Waals surface area (Å²) >= 11 is 0. The van der Waals surface area contributed by atoms with Crippen molar-refractivity contribution in [2.75, 3.05) is 0 Å². The maximum Gasteiger partial charge on any atom is 0.244 e. The van der Waals surface area contributed by atoms with E-state index in [2.05, 4.69) is 55.3 Å². The van der Waals surface area contributed by atoms with E-state index in [9.17, 15) is 4.79 Å². The highest BCUT2D eigenvalue weighted by Crippen LogP contribution is 2.46. The highest BCUT2D eigenvalue weighted by molar-refractivity contribution is 5.92. The van der Waals surface area contributed by atoms with E-state index >= 15 is 0 Å². The zero-order valence-electron chi connectivity index (χ0n) is 11.9. The third-order valence-corrected chi connectivity index (χ3v) is 4.51. The Bertz CT molecular complexity index is 507. The van der Waals surface area contributed by atoms with Crippen molar-refractivity contribution in [1.82, 2.24) is 10.2 Å². The summed E-state index contributed by atoms with van der Waals surface area (Å²) < 4.78 is 0. The lowest BCUT2D eigenvalue weighted by Gasteiger charge is -2.30. The summed E-state index contributed by atoms with van der Waals surface area (Å²) in [7, 11) is 0. The first-order chi connectivity index (χ1) is 9.07. The van der Waals surface area contributed by atoms with E-state index in [1.807, 2.05) is 0 Å². The van der Waals surface area contributed by atoms with E-state index in [1.54, 1.807) is 0 Å². The summed E-state index contributed by atoms with van der Waals surface area (Å²) in [6.07, 6.45) is 3.01. The molecule has 1 aromatic rings. The van der Waals surface area contributed by atoms with Gasteiger partial charge in [0.1, 0.15) is 11.7 Å². The molecule has 3 nitrogen and oxygen atoms in total. The number of nitrogens with one attached hydrogen (secondary N) is 1. The Morgan fingerprint density at radius 1 is 1.47 bits per heavy atom. The molecule has 3 rings (SSSR count). The molecular weight excluding hydrogens is 236 g/mol. The molecule has 2 aliphatic rings. The minimum Gasteiger partial charge on any atom is -0.319 e. The second-order valence-electron chi connectivity index (χ2n) is 6.01. The number of carbonyl (C=O) groups is 1. The molecule has 1 spiro atoms. The fraction of sp³-hybridized carbons (Fsp3) is 0.562. The summed E-state index contributed by atoms with van der Waals surface area (Å²) in [5, 5.41) is 3.58. The van der Waals surface area contributed by atoms with Crippen molar-refractivity contribution in [3.63, 3.8) is 0 Å². The van der Waals surface area contributed by atoms with Crippen LogP contribution in [-0.2, 0) is 4.79 Å². The Hall–Kier alpha value is -1.35. The van der Waals surface area contributed by atoms with Crippen LogP contribution in [0.5, 0.6) is 0 Å². The van der Waals surface area contributed by atoms with E-state index < -0.39 is 0 Å². The van der Waals surface area contributed by atoms with Gasteiger partial charge in [0.2, 0.25) is 5.91 Å². The fourth-order valence-electron chi connectivity index (χ4n) is 2.98.